The van der Waals surface area contributed by atoms with E-state index in [2.05, 4.69) is 35.8 Å². The Morgan fingerprint density at radius 1 is 1.35 bits per heavy atom. The summed E-state index contributed by atoms with van der Waals surface area (Å²) in [6.45, 7) is 6.06. The molecule has 4 aliphatic rings. The van der Waals surface area contributed by atoms with Crippen molar-refractivity contribution in [3.8, 4) is 0 Å². The summed E-state index contributed by atoms with van der Waals surface area (Å²) in [5, 5.41) is 7.83. The number of ether oxygens (including phenoxy) is 1. The van der Waals surface area contributed by atoms with Gasteiger partial charge < -0.3 is 10.1 Å². The smallest absolute Gasteiger partial charge is 0.243 e. The molecule has 2 N–H and O–H groups in total. The number of halogens is 1. The maximum atomic E-state index is 12.9. The number of allylic oxidation sites excluding steroid dienone is 2. The van der Waals surface area contributed by atoms with Crippen molar-refractivity contribution in [2.75, 3.05) is 31.6 Å². The minimum atomic E-state index is -3.63. The van der Waals surface area contributed by atoms with Gasteiger partial charge in [-0.25, -0.2) is 8.42 Å². The van der Waals surface area contributed by atoms with E-state index in [1.54, 1.807) is 6.07 Å². The summed E-state index contributed by atoms with van der Waals surface area (Å²) in [5.41, 5.74) is 4.78. The first kappa shape index (κ1) is 22.7. The van der Waals surface area contributed by atoms with Crippen LogP contribution in [0.15, 0.2) is 39.8 Å². The molecule has 2 fully saturated rings. The summed E-state index contributed by atoms with van der Waals surface area (Å²) in [6.07, 6.45) is 6.39. The van der Waals surface area contributed by atoms with Gasteiger partial charge in [-0.3, -0.25) is 5.43 Å². The Balaban J connectivity index is 1.40. The Kier molecular flexibility index (Phi) is 6.42. The lowest BCUT2D eigenvalue weighted by Crippen LogP contribution is -2.48. The van der Waals surface area contributed by atoms with Crippen LogP contribution >= 0.6 is 23.8 Å². The lowest BCUT2D eigenvalue weighted by molar-refractivity contribution is -0.00126. The van der Waals surface area contributed by atoms with E-state index >= 15 is 0 Å². The molecule has 2 bridgehead atoms. The molecule has 0 radical (unpaired) electrons. The molecule has 1 aliphatic heterocycles. The zero-order chi connectivity index (χ0) is 22.2. The fraction of sp³-hybridized carbons (Fsp3) is 0.524. The van der Waals surface area contributed by atoms with Crippen molar-refractivity contribution >= 4 is 50.9 Å². The van der Waals surface area contributed by atoms with Crippen LogP contribution in [0.2, 0.25) is 5.02 Å². The minimum absolute atomic E-state index is 0.154. The molecule has 0 spiro atoms. The fourth-order valence-electron chi connectivity index (χ4n) is 4.56. The maximum Gasteiger partial charge on any atom is 0.243 e. The highest BCUT2D eigenvalue weighted by molar-refractivity contribution is 7.89. The second kappa shape index (κ2) is 8.78. The molecule has 3 aliphatic carbocycles. The van der Waals surface area contributed by atoms with Crippen LogP contribution in [0.25, 0.3) is 0 Å². The highest BCUT2D eigenvalue weighted by atomic mass is 35.5. The minimum Gasteiger partial charge on any atom is -0.379 e. The summed E-state index contributed by atoms with van der Waals surface area (Å²) >= 11 is 11.6. The van der Waals surface area contributed by atoms with Gasteiger partial charge in [0, 0.05) is 13.1 Å². The molecule has 10 heteroatoms. The molecule has 2 unspecified atom stereocenters. The van der Waals surface area contributed by atoms with Gasteiger partial charge in [-0.15, -0.1) is 0 Å². The lowest BCUT2D eigenvalue weighted by Gasteiger charge is -2.55. The van der Waals surface area contributed by atoms with E-state index in [1.165, 1.54) is 28.4 Å². The van der Waals surface area contributed by atoms with Crippen molar-refractivity contribution in [1.29, 1.82) is 0 Å². The van der Waals surface area contributed by atoms with E-state index in [0.29, 0.717) is 48.3 Å². The molecule has 2 atom stereocenters. The zero-order valence-corrected chi connectivity index (χ0v) is 20.0. The molecular formula is C21H27ClN4O3S2. The zero-order valence-electron chi connectivity index (χ0n) is 17.6. The Morgan fingerprint density at radius 3 is 2.77 bits per heavy atom. The summed E-state index contributed by atoms with van der Waals surface area (Å²) in [7, 11) is -3.63. The third kappa shape index (κ3) is 4.52. The predicted octanol–water partition coefficient (Wildman–Crippen LogP) is 3.63. The number of nitrogens with zero attached hydrogens (tertiary/aromatic N) is 2. The standard InChI is InChI=1S/C21H27ClN4O3S2/c1-21(2)15-4-3-14(17(21)11-15)13-23-25-20(30)24-19-12-16(5-6-18(19)22)31(27,28)26-7-9-29-10-8-26/h3,5-6,12-13,15,17H,4,7-11H2,1-2H3,(H2,24,25,30)/b23-13+. The summed E-state index contributed by atoms with van der Waals surface area (Å²) < 4.78 is 32.4. The third-order valence-electron chi connectivity index (χ3n) is 6.68. The van der Waals surface area contributed by atoms with E-state index in [9.17, 15) is 8.42 Å². The van der Waals surface area contributed by atoms with Gasteiger partial charge in [0.1, 0.15) is 0 Å². The Morgan fingerprint density at radius 2 is 2.10 bits per heavy atom. The Labute approximate surface area is 193 Å². The number of sulfonamides is 1. The second-order valence-electron chi connectivity index (χ2n) is 8.73. The molecule has 0 amide bonds. The van der Waals surface area contributed by atoms with Crippen LogP contribution in [-0.4, -0.2) is 50.4 Å². The normalized spacial score (nSPS) is 25.6. The number of nitrogens with one attached hydrogen (secondary N) is 2. The highest BCUT2D eigenvalue weighted by Crippen LogP contribution is 2.58. The van der Waals surface area contributed by atoms with Crippen LogP contribution in [0.5, 0.6) is 0 Å². The van der Waals surface area contributed by atoms with E-state index in [4.69, 9.17) is 28.6 Å². The van der Waals surface area contributed by atoms with Crippen LogP contribution in [0, 0.1) is 17.3 Å². The van der Waals surface area contributed by atoms with Gasteiger partial charge in [0.25, 0.3) is 0 Å². The molecule has 1 heterocycles. The summed E-state index contributed by atoms with van der Waals surface area (Å²) in [4.78, 5) is 0.154. The third-order valence-corrected chi connectivity index (χ3v) is 9.10. The number of morpholine rings is 1. The molecule has 168 valence electrons. The van der Waals surface area contributed by atoms with Crippen molar-refractivity contribution in [1.82, 2.24) is 9.73 Å². The van der Waals surface area contributed by atoms with Crippen molar-refractivity contribution in [3.05, 3.63) is 34.9 Å². The average molecular weight is 483 g/mol. The van der Waals surface area contributed by atoms with E-state index in [-0.39, 0.29) is 10.0 Å². The molecular weight excluding hydrogens is 456 g/mol. The summed E-state index contributed by atoms with van der Waals surface area (Å²) in [5.74, 6) is 1.31. The van der Waals surface area contributed by atoms with Gasteiger partial charge in [0.15, 0.2) is 5.11 Å². The van der Waals surface area contributed by atoms with Gasteiger partial charge in [0.2, 0.25) is 10.0 Å². The van der Waals surface area contributed by atoms with E-state index < -0.39 is 10.0 Å². The van der Waals surface area contributed by atoms with Gasteiger partial charge in [-0.05, 0) is 66.1 Å². The molecule has 1 saturated carbocycles. The number of rotatable bonds is 5. The SMILES string of the molecule is CC1(C)C2CC=C(/C=N/NC(=S)Nc3cc(S(=O)(=O)N4CCOCC4)ccc3Cl)C1C2. The number of anilines is 1. The van der Waals surface area contributed by atoms with Crippen LogP contribution < -0.4 is 10.7 Å². The van der Waals surface area contributed by atoms with Crippen LogP contribution in [-0.2, 0) is 14.8 Å². The van der Waals surface area contributed by atoms with Crippen molar-refractivity contribution in [3.63, 3.8) is 0 Å². The Bertz CT molecular complexity index is 1030. The van der Waals surface area contributed by atoms with Crippen LogP contribution in [0.3, 0.4) is 0 Å². The molecule has 1 aromatic carbocycles. The molecule has 7 nitrogen and oxygen atoms in total. The second-order valence-corrected chi connectivity index (χ2v) is 11.5. The number of hydrazone groups is 1. The van der Waals surface area contributed by atoms with Gasteiger partial charge in [-0.1, -0.05) is 31.5 Å². The van der Waals surface area contributed by atoms with Crippen molar-refractivity contribution in [2.24, 2.45) is 22.4 Å². The quantitative estimate of drug-likeness (QED) is 0.379. The number of hydrogen-bond acceptors (Lipinski definition) is 5. The summed E-state index contributed by atoms with van der Waals surface area (Å²) in [6, 6.07) is 4.53. The van der Waals surface area contributed by atoms with Gasteiger partial charge in [-0.2, -0.15) is 9.41 Å². The van der Waals surface area contributed by atoms with Crippen molar-refractivity contribution < 1.29 is 13.2 Å². The number of fused-ring (bicyclic) bond motifs is 1. The Hall–Kier alpha value is -1.52. The fourth-order valence-corrected chi connectivity index (χ4v) is 6.32. The topological polar surface area (TPSA) is 83.0 Å². The van der Waals surface area contributed by atoms with Gasteiger partial charge in [0.05, 0.1) is 35.0 Å². The van der Waals surface area contributed by atoms with Crippen LogP contribution in [0.1, 0.15) is 26.7 Å². The lowest BCUT2D eigenvalue weighted by atomic mass is 9.49. The first-order chi connectivity index (χ1) is 14.7. The number of thiocarbonyl (C=S) groups is 1. The van der Waals surface area contributed by atoms with Crippen LogP contribution in [0.4, 0.5) is 5.69 Å². The van der Waals surface area contributed by atoms with Gasteiger partial charge >= 0.3 is 0 Å². The molecule has 1 saturated heterocycles. The first-order valence-corrected chi connectivity index (χ1v) is 12.6. The van der Waals surface area contributed by atoms with E-state index in [1.807, 2.05) is 6.21 Å². The molecule has 1 aromatic rings. The average Bonchev–Trinajstić information content (AvgIpc) is 2.75. The van der Waals surface area contributed by atoms with E-state index in [0.717, 1.165) is 12.3 Å². The largest absolute Gasteiger partial charge is 0.379 e. The predicted molar refractivity (Wildman–Crippen MR) is 127 cm³/mol. The number of hydrogen-bond donors (Lipinski definition) is 2. The molecule has 31 heavy (non-hydrogen) atoms. The monoisotopic (exact) mass is 482 g/mol. The first-order valence-electron chi connectivity index (χ1n) is 10.4. The molecule has 0 aromatic heterocycles. The highest BCUT2D eigenvalue weighted by Gasteiger charge is 2.50. The van der Waals surface area contributed by atoms with Crippen molar-refractivity contribution in [2.45, 2.75) is 31.6 Å². The number of benzene rings is 1. The molecule has 5 rings (SSSR count). The maximum absolute atomic E-state index is 12.9.